The van der Waals surface area contributed by atoms with Gasteiger partial charge < -0.3 is 15.2 Å². The molecule has 9 nitrogen and oxygen atoms in total. The third-order valence-corrected chi connectivity index (χ3v) is 5.38. The number of nitrogens with one attached hydrogen (secondary N) is 1. The summed E-state index contributed by atoms with van der Waals surface area (Å²) in [6, 6.07) is 14.2. The second kappa shape index (κ2) is 10.2. The number of nitrogen functional groups attached to an aromatic ring is 1. The van der Waals surface area contributed by atoms with E-state index >= 15 is 0 Å². The zero-order chi connectivity index (χ0) is 23.2. The van der Waals surface area contributed by atoms with Crippen LogP contribution in [-0.2, 0) is 0 Å². The van der Waals surface area contributed by atoms with Gasteiger partial charge in [-0.25, -0.2) is 4.98 Å². The van der Waals surface area contributed by atoms with Gasteiger partial charge in [0.15, 0.2) is 22.3 Å². The summed E-state index contributed by atoms with van der Waals surface area (Å²) in [6.45, 7) is 2.27. The second-order valence-corrected chi connectivity index (χ2v) is 7.80. The summed E-state index contributed by atoms with van der Waals surface area (Å²) < 4.78 is 12.8. The highest BCUT2D eigenvalue weighted by molar-refractivity contribution is 7.14. The van der Waals surface area contributed by atoms with Crippen LogP contribution in [0.25, 0.3) is 5.69 Å². The van der Waals surface area contributed by atoms with E-state index in [1.54, 1.807) is 41.9 Å². The minimum Gasteiger partial charge on any atom is -0.490 e. The van der Waals surface area contributed by atoms with Gasteiger partial charge in [0.05, 0.1) is 24.7 Å². The lowest BCUT2D eigenvalue weighted by molar-refractivity contribution is 0.321. The Morgan fingerprint density at radius 1 is 1.21 bits per heavy atom. The Bertz CT molecular complexity index is 1340. The number of hydrazone groups is 1. The normalized spacial score (nSPS) is 11.0. The van der Waals surface area contributed by atoms with Crippen molar-refractivity contribution >= 4 is 40.1 Å². The summed E-state index contributed by atoms with van der Waals surface area (Å²) >= 11 is 7.66. The van der Waals surface area contributed by atoms with Gasteiger partial charge in [-0.2, -0.15) is 14.9 Å². The SMILES string of the molecule is CCOc1cc(C=NNc2nc(N)cs2)ccc1Oc1cnn(-c2ccccc2)c(=O)c1Cl. The van der Waals surface area contributed by atoms with Crippen molar-refractivity contribution in [3.05, 3.63) is 81.0 Å². The molecule has 0 atom stereocenters. The van der Waals surface area contributed by atoms with Crippen LogP contribution in [-0.4, -0.2) is 27.6 Å². The number of para-hydroxylation sites is 1. The van der Waals surface area contributed by atoms with Gasteiger partial charge >= 0.3 is 0 Å². The van der Waals surface area contributed by atoms with E-state index in [1.165, 1.54) is 22.2 Å². The molecule has 4 rings (SSSR count). The number of nitrogens with two attached hydrogens (primary N) is 1. The maximum Gasteiger partial charge on any atom is 0.294 e. The smallest absolute Gasteiger partial charge is 0.294 e. The van der Waals surface area contributed by atoms with Crippen molar-refractivity contribution in [1.82, 2.24) is 14.8 Å². The zero-order valence-electron chi connectivity index (χ0n) is 17.4. The fourth-order valence-corrected chi connectivity index (χ4v) is 3.53. The van der Waals surface area contributed by atoms with Gasteiger partial charge in [0.2, 0.25) is 5.13 Å². The van der Waals surface area contributed by atoms with Crippen molar-refractivity contribution in [2.24, 2.45) is 5.10 Å². The van der Waals surface area contributed by atoms with Crippen LogP contribution in [0.5, 0.6) is 17.2 Å². The molecule has 3 N–H and O–H groups in total. The van der Waals surface area contributed by atoms with Crippen LogP contribution < -0.4 is 26.2 Å². The molecule has 2 aromatic carbocycles. The van der Waals surface area contributed by atoms with E-state index in [-0.39, 0.29) is 10.8 Å². The van der Waals surface area contributed by atoms with E-state index in [1.807, 2.05) is 25.1 Å². The topological polar surface area (TPSA) is 117 Å². The van der Waals surface area contributed by atoms with E-state index in [9.17, 15) is 4.79 Å². The molecule has 0 fully saturated rings. The molecule has 0 unspecified atom stereocenters. The van der Waals surface area contributed by atoms with Gasteiger partial charge in [-0.1, -0.05) is 29.8 Å². The zero-order valence-corrected chi connectivity index (χ0v) is 19.0. The summed E-state index contributed by atoms with van der Waals surface area (Å²) in [4.78, 5) is 16.8. The second-order valence-electron chi connectivity index (χ2n) is 6.56. The molecule has 0 amide bonds. The number of nitrogens with zero attached hydrogens (tertiary/aromatic N) is 4. The number of thiazole rings is 1. The monoisotopic (exact) mass is 482 g/mol. The number of benzene rings is 2. The van der Waals surface area contributed by atoms with E-state index in [2.05, 4.69) is 20.6 Å². The molecular formula is C22H19ClN6O3S. The summed E-state index contributed by atoms with van der Waals surface area (Å²) in [6.07, 6.45) is 3.00. The molecule has 2 aromatic heterocycles. The minimum absolute atomic E-state index is 0.0890. The van der Waals surface area contributed by atoms with Gasteiger partial charge in [0.1, 0.15) is 5.82 Å². The first-order valence-electron chi connectivity index (χ1n) is 9.83. The molecule has 0 aliphatic carbocycles. The lowest BCUT2D eigenvalue weighted by atomic mass is 10.2. The molecular weight excluding hydrogens is 464 g/mol. The largest absolute Gasteiger partial charge is 0.490 e. The maximum absolute atomic E-state index is 12.7. The van der Waals surface area contributed by atoms with Gasteiger partial charge in [0, 0.05) is 5.38 Å². The Morgan fingerprint density at radius 2 is 2.03 bits per heavy atom. The van der Waals surface area contributed by atoms with Crippen molar-refractivity contribution in [1.29, 1.82) is 0 Å². The first-order valence-corrected chi connectivity index (χ1v) is 11.1. The molecule has 0 aliphatic rings. The van der Waals surface area contributed by atoms with Crippen LogP contribution in [0.1, 0.15) is 12.5 Å². The summed E-state index contributed by atoms with van der Waals surface area (Å²) in [5.41, 5.74) is 9.28. The lowest BCUT2D eigenvalue weighted by Gasteiger charge is -2.13. The lowest BCUT2D eigenvalue weighted by Crippen LogP contribution is -2.21. The van der Waals surface area contributed by atoms with Crippen LogP contribution in [0.4, 0.5) is 10.9 Å². The molecule has 0 spiro atoms. The first kappa shape index (κ1) is 22.3. The first-order chi connectivity index (χ1) is 16.0. The van der Waals surface area contributed by atoms with Crippen LogP contribution in [0, 0.1) is 0 Å². The highest BCUT2D eigenvalue weighted by atomic mass is 35.5. The Morgan fingerprint density at radius 3 is 2.76 bits per heavy atom. The van der Waals surface area contributed by atoms with Crippen LogP contribution in [0.2, 0.25) is 5.02 Å². The molecule has 0 saturated carbocycles. The third kappa shape index (κ3) is 5.30. The summed E-state index contributed by atoms with van der Waals surface area (Å²) in [5.74, 6) is 1.40. The molecule has 0 bridgehead atoms. The molecule has 168 valence electrons. The van der Waals surface area contributed by atoms with E-state index in [0.717, 1.165) is 5.56 Å². The summed E-state index contributed by atoms with van der Waals surface area (Å²) in [5, 5.41) is 10.5. The Kier molecular flexibility index (Phi) is 6.86. The molecule has 2 heterocycles. The predicted octanol–water partition coefficient (Wildman–Crippen LogP) is 4.56. The average molecular weight is 483 g/mol. The number of hydrogen-bond donors (Lipinski definition) is 2. The Labute approximate surface area is 198 Å². The highest BCUT2D eigenvalue weighted by Gasteiger charge is 2.15. The number of halogens is 1. The number of hydrogen-bond acceptors (Lipinski definition) is 9. The Balaban J connectivity index is 1.56. The van der Waals surface area contributed by atoms with Crippen molar-refractivity contribution in [3.63, 3.8) is 0 Å². The van der Waals surface area contributed by atoms with Crippen molar-refractivity contribution in [2.45, 2.75) is 6.92 Å². The molecule has 0 radical (unpaired) electrons. The van der Waals surface area contributed by atoms with Gasteiger partial charge in [-0.15, -0.1) is 11.3 Å². The quantitative estimate of drug-likeness (QED) is 0.279. The van der Waals surface area contributed by atoms with Crippen LogP contribution in [0.3, 0.4) is 0 Å². The van der Waals surface area contributed by atoms with Crippen molar-refractivity contribution in [3.8, 4) is 22.9 Å². The average Bonchev–Trinajstić information content (AvgIpc) is 3.24. The maximum atomic E-state index is 12.7. The number of ether oxygens (including phenoxy) is 2. The predicted molar refractivity (Wildman–Crippen MR) is 130 cm³/mol. The number of rotatable bonds is 8. The van der Waals surface area contributed by atoms with Crippen molar-refractivity contribution < 1.29 is 9.47 Å². The third-order valence-electron chi connectivity index (χ3n) is 4.27. The van der Waals surface area contributed by atoms with E-state index < -0.39 is 5.56 Å². The van der Waals surface area contributed by atoms with Crippen molar-refractivity contribution in [2.75, 3.05) is 17.8 Å². The minimum atomic E-state index is -0.490. The van der Waals surface area contributed by atoms with Gasteiger partial charge in [-0.3, -0.25) is 10.2 Å². The van der Waals surface area contributed by atoms with E-state index in [0.29, 0.717) is 34.7 Å². The summed E-state index contributed by atoms with van der Waals surface area (Å²) in [7, 11) is 0. The number of anilines is 2. The molecule has 4 aromatic rings. The van der Waals surface area contributed by atoms with Crippen LogP contribution in [0.15, 0.2) is 70.0 Å². The fraction of sp³-hybridized carbons (Fsp3) is 0.0909. The van der Waals surface area contributed by atoms with Gasteiger partial charge in [-0.05, 0) is 42.8 Å². The Hall–Kier alpha value is -3.89. The number of aromatic nitrogens is 3. The molecule has 0 aliphatic heterocycles. The van der Waals surface area contributed by atoms with E-state index in [4.69, 9.17) is 26.8 Å². The molecule has 0 saturated heterocycles. The standard InChI is InChI=1S/C22H19ClN6O3S/c1-2-31-17-10-14(11-25-28-22-27-19(24)13-33-22)8-9-16(17)32-18-12-26-29(21(30)20(18)23)15-6-4-3-5-7-15/h3-13H,2,24H2,1H3,(H,27,28). The van der Waals surface area contributed by atoms with Gasteiger partial charge in [0.25, 0.3) is 5.56 Å². The molecule has 11 heteroatoms. The van der Waals surface area contributed by atoms with Crippen LogP contribution >= 0.6 is 22.9 Å². The molecule has 33 heavy (non-hydrogen) atoms. The fourth-order valence-electron chi connectivity index (χ4n) is 2.82. The highest BCUT2D eigenvalue weighted by Crippen LogP contribution is 2.34.